The molecule has 6 rings (SSSR count). The molecule has 0 aliphatic carbocycles. The predicted molar refractivity (Wildman–Crippen MR) is 150 cm³/mol. The number of β-amino-alcohol motifs (C(OH)–C–C–N with tert-alkyl or cyclic N) is 1. The molecular weight excluding hydrogens is 528 g/mol. The second-order valence-corrected chi connectivity index (χ2v) is 11.3. The number of aliphatic hydroxyl groups is 1. The number of fused-ring (bicyclic) bond motifs is 1. The number of hydrogen-bond acceptors (Lipinski definition) is 7. The molecule has 2 fully saturated rings. The molecule has 4 aromatic rings. The van der Waals surface area contributed by atoms with Gasteiger partial charge in [0.05, 0.1) is 17.2 Å². The Balaban J connectivity index is 1.18. The molecule has 1 atom stereocenters. The summed E-state index contributed by atoms with van der Waals surface area (Å²) in [5, 5.41) is 10.0. The lowest BCUT2D eigenvalue weighted by atomic mass is 10.0. The van der Waals surface area contributed by atoms with E-state index in [1.807, 2.05) is 17.0 Å². The fourth-order valence-corrected chi connectivity index (χ4v) is 5.76. The van der Waals surface area contributed by atoms with Crippen LogP contribution in [0.1, 0.15) is 72.2 Å². The zero-order valence-electron chi connectivity index (χ0n) is 23.2. The number of piperidine rings is 1. The minimum Gasteiger partial charge on any atom is -0.391 e. The molecule has 0 radical (unpaired) electrons. The summed E-state index contributed by atoms with van der Waals surface area (Å²) in [6, 6.07) is 4.36. The van der Waals surface area contributed by atoms with Gasteiger partial charge in [-0.05, 0) is 48.4 Å². The number of halogens is 2. The second kappa shape index (κ2) is 11.1. The van der Waals surface area contributed by atoms with Gasteiger partial charge in [-0.2, -0.15) is 0 Å². The molecule has 0 bridgehead atoms. The van der Waals surface area contributed by atoms with E-state index >= 15 is 8.78 Å². The van der Waals surface area contributed by atoms with Crippen molar-refractivity contribution in [1.82, 2.24) is 29.4 Å². The van der Waals surface area contributed by atoms with Crippen molar-refractivity contribution in [3.63, 3.8) is 0 Å². The van der Waals surface area contributed by atoms with E-state index in [-0.39, 0.29) is 35.9 Å². The normalized spacial score (nSPS) is 18.1. The van der Waals surface area contributed by atoms with Crippen molar-refractivity contribution in [3.8, 4) is 0 Å². The first-order valence-corrected chi connectivity index (χ1v) is 14.1. The van der Waals surface area contributed by atoms with E-state index in [1.165, 1.54) is 23.5 Å². The highest BCUT2D eigenvalue weighted by atomic mass is 19.1. The molecule has 2 aliphatic rings. The van der Waals surface area contributed by atoms with E-state index in [4.69, 9.17) is 0 Å². The molecule has 2 aliphatic heterocycles. The summed E-state index contributed by atoms with van der Waals surface area (Å²) < 4.78 is 32.3. The third-order valence-electron chi connectivity index (χ3n) is 8.22. The first kappa shape index (κ1) is 27.2. The van der Waals surface area contributed by atoms with Gasteiger partial charge < -0.3 is 19.5 Å². The Bertz CT molecular complexity index is 1570. The highest BCUT2D eigenvalue weighted by Gasteiger charge is 2.28. The van der Waals surface area contributed by atoms with Crippen LogP contribution >= 0.6 is 0 Å². The summed E-state index contributed by atoms with van der Waals surface area (Å²) in [5.41, 5.74) is 2.51. The van der Waals surface area contributed by atoms with Crippen LogP contribution in [0.4, 0.5) is 14.7 Å². The van der Waals surface area contributed by atoms with Gasteiger partial charge in [0.15, 0.2) is 5.82 Å². The predicted octanol–water partition coefficient (Wildman–Crippen LogP) is 4.26. The molecule has 0 spiro atoms. The smallest absolute Gasteiger partial charge is 0.254 e. The van der Waals surface area contributed by atoms with Gasteiger partial charge in [-0.25, -0.2) is 28.7 Å². The topological polar surface area (TPSA) is 100 Å². The van der Waals surface area contributed by atoms with Crippen molar-refractivity contribution in [3.05, 3.63) is 77.1 Å². The molecule has 9 nitrogen and oxygen atoms in total. The average molecular weight is 562 g/mol. The van der Waals surface area contributed by atoms with Crippen LogP contribution in [0.15, 0.2) is 43.1 Å². The Labute approximate surface area is 236 Å². The van der Waals surface area contributed by atoms with E-state index in [0.29, 0.717) is 41.7 Å². The third-order valence-corrected chi connectivity index (χ3v) is 8.22. The Morgan fingerprint density at radius 3 is 2.44 bits per heavy atom. The minimum atomic E-state index is -0.557. The molecular formula is C30H33F2N7O2. The number of aliphatic hydroxyl groups excluding tert-OH is 1. The molecule has 1 amide bonds. The van der Waals surface area contributed by atoms with Crippen LogP contribution in [0.2, 0.25) is 0 Å². The van der Waals surface area contributed by atoms with E-state index in [9.17, 15) is 9.90 Å². The lowest BCUT2D eigenvalue weighted by molar-refractivity contribution is 0.0764. The number of amides is 1. The first-order chi connectivity index (χ1) is 19.8. The highest BCUT2D eigenvalue weighted by molar-refractivity contribution is 5.94. The fourth-order valence-electron chi connectivity index (χ4n) is 5.76. The van der Waals surface area contributed by atoms with E-state index in [2.05, 4.69) is 38.7 Å². The van der Waals surface area contributed by atoms with Crippen LogP contribution in [0.5, 0.6) is 0 Å². The Morgan fingerprint density at radius 2 is 1.78 bits per heavy atom. The minimum absolute atomic E-state index is 0.0436. The maximum absolute atomic E-state index is 15.3. The maximum Gasteiger partial charge on any atom is 0.254 e. The quantitative estimate of drug-likeness (QED) is 0.376. The van der Waals surface area contributed by atoms with Crippen LogP contribution in [0.3, 0.4) is 0 Å². The van der Waals surface area contributed by atoms with E-state index < -0.39 is 17.7 Å². The zero-order valence-corrected chi connectivity index (χ0v) is 23.2. The van der Waals surface area contributed by atoms with Crippen molar-refractivity contribution in [2.45, 2.75) is 57.6 Å². The summed E-state index contributed by atoms with van der Waals surface area (Å²) >= 11 is 0. The third kappa shape index (κ3) is 5.38. The molecule has 0 unspecified atom stereocenters. The number of benzene rings is 1. The van der Waals surface area contributed by atoms with Crippen LogP contribution in [0, 0.1) is 11.6 Å². The van der Waals surface area contributed by atoms with Gasteiger partial charge in [-0.3, -0.25) is 4.79 Å². The van der Waals surface area contributed by atoms with Crippen molar-refractivity contribution >= 4 is 22.9 Å². The summed E-state index contributed by atoms with van der Waals surface area (Å²) in [6.07, 6.45) is 8.19. The van der Waals surface area contributed by atoms with E-state index in [1.54, 1.807) is 12.1 Å². The van der Waals surface area contributed by atoms with Gasteiger partial charge in [0.1, 0.15) is 17.8 Å². The Hall–Kier alpha value is -3.99. The van der Waals surface area contributed by atoms with Crippen molar-refractivity contribution < 1.29 is 18.7 Å². The van der Waals surface area contributed by atoms with Gasteiger partial charge in [-0.1, -0.05) is 19.9 Å². The van der Waals surface area contributed by atoms with Gasteiger partial charge in [-0.15, -0.1) is 0 Å². The number of aromatic nitrogens is 5. The van der Waals surface area contributed by atoms with Crippen molar-refractivity contribution in [2.24, 2.45) is 0 Å². The first-order valence-electron chi connectivity index (χ1n) is 14.1. The fraction of sp³-hybridized carbons (Fsp3) is 0.433. The SMILES string of the molecule is CC(C)c1cnc(N2CCC(n3cc(F)c4c(Cc5ccc(C(=O)N6CC[C@@H](O)C6)cc5F)ncnc43)CC2)nc1. The highest BCUT2D eigenvalue weighted by Crippen LogP contribution is 2.32. The molecule has 3 aromatic heterocycles. The number of carbonyl (C=O) groups excluding carboxylic acids is 1. The van der Waals surface area contributed by atoms with Crippen LogP contribution in [-0.2, 0) is 6.42 Å². The van der Waals surface area contributed by atoms with Gasteiger partial charge in [0, 0.05) is 62.8 Å². The maximum atomic E-state index is 15.3. The Kier molecular flexibility index (Phi) is 7.37. The number of carbonyl (C=O) groups is 1. The zero-order chi connectivity index (χ0) is 28.7. The standard InChI is InChI=1S/C30H33F2N7O2/c1-18(2)21-13-33-30(34-14-21)37-8-5-22(6-9-37)39-16-25(32)27-26(35-17-36-28(27)39)12-19-3-4-20(11-24(19)31)29(41)38-10-7-23(40)15-38/h3-4,11,13-14,16-18,22-23,40H,5-10,12,15H2,1-2H3/t23-/m1/s1. The molecule has 1 aromatic carbocycles. The van der Waals surface area contributed by atoms with Gasteiger partial charge in [0.2, 0.25) is 5.95 Å². The summed E-state index contributed by atoms with van der Waals surface area (Å²) in [6.45, 7) is 6.37. The molecule has 41 heavy (non-hydrogen) atoms. The number of anilines is 1. The molecule has 1 N–H and O–H groups in total. The summed E-state index contributed by atoms with van der Waals surface area (Å²) in [7, 11) is 0. The lowest BCUT2D eigenvalue weighted by Crippen LogP contribution is -2.35. The van der Waals surface area contributed by atoms with Crippen molar-refractivity contribution in [1.29, 1.82) is 0 Å². The summed E-state index contributed by atoms with van der Waals surface area (Å²) in [5.74, 6) is -0.239. The van der Waals surface area contributed by atoms with Gasteiger partial charge >= 0.3 is 0 Å². The monoisotopic (exact) mass is 561 g/mol. The molecule has 214 valence electrons. The Morgan fingerprint density at radius 1 is 1.02 bits per heavy atom. The van der Waals surface area contributed by atoms with Gasteiger partial charge in [0.25, 0.3) is 5.91 Å². The number of rotatable bonds is 6. The number of likely N-dealkylation sites (tertiary alicyclic amines) is 1. The van der Waals surface area contributed by atoms with Crippen LogP contribution in [-0.4, -0.2) is 72.7 Å². The molecule has 5 heterocycles. The van der Waals surface area contributed by atoms with Crippen molar-refractivity contribution in [2.75, 3.05) is 31.1 Å². The molecule has 11 heteroatoms. The lowest BCUT2D eigenvalue weighted by Gasteiger charge is -2.32. The number of nitrogens with zero attached hydrogens (tertiary/aromatic N) is 7. The molecule has 0 saturated carbocycles. The second-order valence-electron chi connectivity index (χ2n) is 11.3. The largest absolute Gasteiger partial charge is 0.391 e. The summed E-state index contributed by atoms with van der Waals surface area (Å²) in [4.78, 5) is 34.1. The van der Waals surface area contributed by atoms with Crippen LogP contribution in [0.25, 0.3) is 11.0 Å². The molecule has 2 saturated heterocycles. The van der Waals surface area contributed by atoms with E-state index in [0.717, 1.165) is 31.5 Å². The number of hydrogen-bond donors (Lipinski definition) is 1. The average Bonchev–Trinajstić information content (AvgIpc) is 3.57. The van der Waals surface area contributed by atoms with Crippen LogP contribution < -0.4 is 4.90 Å².